The predicted molar refractivity (Wildman–Crippen MR) is 67.4 cm³/mol. The zero-order chi connectivity index (χ0) is 13.8. The van der Waals surface area contributed by atoms with Gasteiger partial charge in [-0.15, -0.1) is 0 Å². The molecule has 0 spiro atoms. The van der Waals surface area contributed by atoms with Gasteiger partial charge in [0.25, 0.3) is 0 Å². The number of hydrogen-bond donors (Lipinski definition) is 1. The Kier molecular flexibility index (Phi) is 5.46. The van der Waals surface area contributed by atoms with E-state index in [1.807, 2.05) is 0 Å². The number of alkyl halides is 3. The molecule has 0 amide bonds. The Balaban J connectivity index is 2.48. The van der Waals surface area contributed by atoms with E-state index in [2.05, 4.69) is 18.7 Å². The van der Waals surface area contributed by atoms with Crippen molar-refractivity contribution in [2.45, 2.75) is 70.1 Å². The van der Waals surface area contributed by atoms with E-state index in [1.54, 1.807) is 0 Å². The van der Waals surface area contributed by atoms with Crippen molar-refractivity contribution in [1.29, 1.82) is 0 Å². The lowest BCUT2D eigenvalue weighted by Gasteiger charge is -2.43. The fourth-order valence-electron chi connectivity index (χ4n) is 2.78. The second kappa shape index (κ2) is 6.24. The molecule has 1 fully saturated rings. The first-order valence-corrected chi connectivity index (χ1v) is 6.87. The summed E-state index contributed by atoms with van der Waals surface area (Å²) in [7, 11) is 0. The van der Waals surface area contributed by atoms with Crippen molar-refractivity contribution in [2.24, 2.45) is 5.73 Å². The normalized spacial score (nSPS) is 23.0. The zero-order valence-corrected chi connectivity index (χ0v) is 11.4. The minimum Gasteiger partial charge on any atom is -0.326 e. The maximum atomic E-state index is 12.1. The molecule has 1 saturated heterocycles. The van der Waals surface area contributed by atoms with Crippen LogP contribution < -0.4 is 5.73 Å². The molecule has 0 aromatic carbocycles. The first-order chi connectivity index (χ1) is 8.29. The summed E-state index contributed by atoms with van der Waals surface area (Å²) >= 11 is 0. The van der Waals surface area contributed by atoms with Gasteiger partial charge in [0.2, 0.25) is 0 Å². The molecule has 2 atom stereocenters. The van der Waals surface area contributed by atoms with Crippen LogP contribution in [0.1, 0.15) is 52.4 Å². The standard InChI is InChI=1S/C13H25F3N2/c1-3-12(2,18-9-4-5-10-18)11(17)7-6-8-13(14,15)16/h11H,3-10,17H2,1-2H3. The molecule has 0 aromatic rings. The van der Waals surface area contributed by atoms with Crippen LogP contribution in [0, 0.1) is 0 Å². The lowest BCUT2D eigenvalue weighted by Crippen LogP contribution is -2.56. The van der Waals surface area contributed by atoms with Gasteiger partial charge in [0, 0.05) is 18.0 Å². The van der Waals surface area contributed by atoms with Crippen LogP contribution in [0.2, 0.25) is 0 Å². The summed E-state index contributed by atoms with van der Waals surface area (Å²) in [6, 6.07) is -0.178. The summed E-state index contributed by atoms with van der Waals surface area (Å²) in [5.74, 6) is 0. The third-order valence-corrected chi connectivity index (χ3v) is 4.32. The molecule has 0 aliphatic carbocycles. The highest BCUT2D eigenvalue weighted by Crippen LogP contribution is 2.30. The summed E-state index contributed by atoms with van der Waals surface area (Å²) in [6.45, 7) is 6.22. The van der Waals surface area contributed by atoms with Gasteiger partial charge >= 0.3 is 6.18 Å². The largest absolute Gasteiger partial charge is 0.389 e. The molecule has 1 aliphatic heterocycles. The van der Waals surface area contributed by atoms with Gasteiger partial charge in [0.1, 0.15) is 0 Å². The molecular weight excluding hydrogens is 241 g/mol. The van der Waals surface area contributed by atoms with Crippen LogP contribution in [0.4, 0.5) is 13.2 Å². The van der Waals surface area contributed by atoms with Gasteiger partial charge in [-0.1, -0.05) is 6.92 Å². The number of halogens is 3. The van der Waals surface area contributed by atoms with Crippen LogP contribution in [-0.4, -0.2) is 35.7 Å². The molecule has 108 valence electrons. The monoisotopic (exact) mass is 266 g/mol. The van der Waals surface area contributed by atoms with Gasteiger partial charge in [-0.3, -0.25) is 4.90 Å². The maximum Gasteiger partial charge on any atom is 0.389 e. The number of likely N-dealkylation sites (tertiary alicyclic amines) is 1. The van der Waals surface area contributed by atoms with Crippen molar-refractivity contribution < 1.29 is 13.2 Å². The van der Waals surface area contributed by atoms with E-state index in [9.17, 15) is 13.2 Å². The SMILES string of the molecule is CCC(C)(C(N)CCCC(F)(F)F)N1CCCC1. The minimum atomic E-state index is -4.06. The van der Waals surface area contributed by atoms with Crippen molar-refractivity contribution >= 4 is 0 Å². The van der Waals surface area contributed by atoms with E-state index >= 15 is 0 Å². The quantitative estimate of drug-likeness (QED) is 0.799. The van der Waals surface area contributed by atoms with Crippen LogP contribution in [0.25, 0.3) is 0 Å². The molecule has 18 heavy (non-hydrogen) atoms. The Hall–Kier alpha value is -0.290. The Morgan fingerprint density at radius 1 is 1.22 bits per heavy atom. The van der Waals surface area contributed by atoms with Gasteiger partial charge in [-0.25, -0.2) is 0 Å². The Morgan fingerprint density at radius 3 is 2.22 bits per heavy atom. The van der Waals surface area contributed by atoms with Gasteiger partial charge in [-0.05, 0) is 52.1 Å². The molecule has 2 unspecified atom stereocenters. The molecule has 5 heteroatoms. The summed E-state index contributed by atoms with van der Waals surface area (Å²) in [6.07, 6.45) is -0.971. The molecule has 0 saturated carbocycles. The van der Waals surface area contributed by atoms with E-state index in [0.717, 1.165) is 19.5 Å². The molecule has 0 radical (unpaired) electrons. The van der Waals surface area contributed by atoms with E-state index in [0.29, 0.717) is 6.42 Å². The Labute approximate surface area is 108 Å². The van der Waals surface area contributed by atoms with E-state index in [4.69, 9.17) is 5.73 Å². The number of hydrogen-bond acceptors (Lipinski definition) is 2. The summed E-state index contributed by atoms with van der Waals surface area (Å²) in [4.78, 5) is 2.35. The molecule has 2 nitrogen and oxygen atoms in total. The molecule has 1 aliphatic rings. The molecule has 1 rings (SSSR count). The molecular formula is C13H25F3N2. The van der Waals surface area contributed by atoms with Crippen molar-refractivity contribution in [3.8, 4) is 0 Å². The zero-order valence-electron chi connectivity index (χ0n) is 11.4. The molecule has 0 bridgehead atoms. The van der Waals surface area contributed by atoms with E-state index < -0.39 is 12.6 Å². The predicted octanol–water partition coefficient (Wildman–Crippen LogP) is 3.31. The number of nitrogens with zero attached hydrogens (tertiary/aromatic N) is 1. The average Bonchev–Trinajstić information content (AvgIpc) is 2.79. The second-order valence-corrected chi connectivity index (χ2v) is 5.52. The highest BCUT2D eigenvalue weighted by atomic mass is 19.4. The third-order valence-electron chi connectivity index (χ3n) is 4.32. The van der Waals surface area contributed by atoms with Crippen molar-refractivity contribution in [2.75, 3.05) is 13.1 Å². The highest BCUT2D eigenvalue weighted by molar-refractivity contribution is 4.96. The second-order valence-electron chi connectivity index (χ2n) is 5.52. The van der Waals surface area contributed by atoms with Crippen LogP contribution in [0.15, 0.2) is 0 Å². The first kappa shape index (κ1) is 15.8. The fourth-order valence-corrected chi connectivity index (χ4v) is 2.78. The lowest BCUT2D eigenvalue weighted by molar-refractivity contribution is -0.136. The first-order valence-electron chi connectivity index (χ1n) is 6.87. The Morgan fingerprint density at radius 2 is 1.78 bits per heavy atom. The van der Waals surface area contributed by atoms with E-state index in [1.165, 1.54) is 12.8 Å². The van der Waals surface area contributed by atoms with Gasteiger partial charge < -0.3 is 5.73 Å². The van der Waals surface area contributed by atoms with Crippen LogP contribution in [-0.2, 0) is 0 Å². The summed E-state index contributed by atoms with van der Waals surface area (Å²) < 4.78 is 36.4. The molecule has 1 heterocycles. The number of rotatable bonds is 6. The third kappa shape index (κ3) is 4.12. The lowest BCUT2D eigenvalue weighted by atomic mass is 9.85. The molecule has 0 aromatic heterocycles. The van der Waals surface area contributed by atoms with Gasteiger partial charge in [0.05, 0.1) is 0 Å². The fraction of sp³-hybridized carbons (Fsp3) is 1.00. The Bertz CT molecular complexity index is 249. The van der Waals surface area contributed by atoms with Gasteiger partial charge in [-0.2, -0.15) is 13.2 Å². The summed E-state index contributed by atoms with van der Waals surface area (Å²) in [5.41, 5.74) is 6.01. The van der Waals surface area contributed by atoms with Crippen LogP contribution in [0.3, 0.4) is 0 Å². The van der Waals surface area contributed by atoms with Crippen molar-refractivity contribution in [3.63, 3.8) is 0 Å². The summed E-state index contributed by atoms with van der Waals surface area (Å²) in [5, 5.41) is 0. The average molecular weight is 266 g/mol. The molecule has 2 N–H and O–H groups in total. The topological polar surface area (TPSA) is 29.3 Å². The van der Waals surface area contributed by atoms with Crippen molar-refractivity contribution in [3.05, 3.63) is 0 Å². The van der Waals surface area contributed by atoms with E-state index in [-0.39, 0.29) is 18.0 Å². The highest BCUT2D eigenvalue weighted by Gasteiger charge is 2.37. The number of nitrogens with two attached hydrogens (primary N) is 1. The maximum absolute atomic E-state index is 12.1. The van der Waals surface area contributed by atoms with Crippen molar-refractivity contribution in [1.82, 2.24) is 4.90 Å². The van der Waals surface area contributed by atoms with Crippen LogP contribution >= 0.6 is 0 Å². The smallest absolute Gasteiger partial charge is 0.326 e. The van der Waals surface area contributed by atoms with Gasteiger partial charge in [0.15, 0.2) is 0 Å². The van der Waals surface area contributed by atoms with Crippen LogP contribution in [0.5, 0.6) is 0 Å². The minimum absolute atomic E-state index is 0.133.